The topological polar surface area (TPSA) is 66.6 Å². The van der Waals surface area contributed by atoms with Crippen LogP contribution >= 0.6 is 11.6 Å². The second-order valence-electron chi connectivity index (χ2n) is 8.14. The molecule has 4 aromatic rings. The normalized spacial score (nSPS) is 14.6. The van der Waals surface area contributed by atoms with Crippen molar-refractivity contribution in [1.82, 2.24) is 9.88 Å². The van der Waals surface area contributed by atoms with Crippen LogP contribution in [0, 0.1) is 11.7 Å². The summed E-state index contributed by atoms with van der Waals surface area (Å²) in [5.41, 5.74) is 3.50. The molecule has 0 bridgehead atoms. The number of benzene rings is 2. The standard InChI is InChI=1S/C25H20ClFN2O3/c26-24-23-17(10-19(28-24)8-15-4-2-1-3-5-15)11-22(32-23)20-7-6-16(9-21(20)27)12-29-13-18(14-29)25(30)31/h1-7,9-11,18H,8,12-14H2,(H,30,31). The molecule has 2 aromatic carbocycles. The van der Waals surface area contributed by atoms with Crippen molar-refractivity contribution in [2.75, 3.05) is 13.1 Å². The number of hydrogen-bond acceptors (Lipinski definition) is 4. The summed E-state index contributed by atoms with van der Waals surface area (Å²) in [6.07, 6.45) is 0.638. The third-order valence-electron chi connectivity index (χ3n) is 5.75. The van der Waals surface area contributed by atoms with Gasteiger partial charge in [-0.2, -0.15) is 0 Å². The average Bonchev–Trinajstić information content (AvgIpc) is 3.15. The highest BCUT2D eigenvalue weighted by Crippen LogP contribution is 2.34. The van der Waals surface area contributed by atoms with E-state index in [9.17, 15) is 9.18 Å². The Labute approximate surface area is 189 Å². The number of rotatable bonds is 6. The molecule has 2 aromatic heterocycles. The summed E-state index contributed by atoms with van der Waals surface area (Å²) in [5.74, 6) is -1.13. The first-order valence-electron chi connectivity index (χ1n) is 10.3. The molecule has 0 amide bonds. The number of carboxylic acids is 1. The van der Waals surface area contributed by atoms with Gasteiger partial charge in [0.2, 0.25) is 0 Å². The van der Waals surface area contributed by atoms with Gasteiger partial charge in [0.25, 0.3) is 0 Å². The van der Waals surface area contributed by atoms with Gasteiger partial charge in [0, 0.05) is 37.1 Å². The minimum atomic E-state index is -0.784. The first-order chi connectivity index (χ1) is 15.5. The predicted molar refractivity (Wildman–Crippen MR) is 120 cm³/mol. The van der Waals surface area contributed by atoms with E-state index in [2.05, 4.69) is 4.98 Å². The molecule has 5 nitrogen and oxygen atoms in total. The maximum Gasteiger partial charge on any atom is 0.309 e. The van der Waals surface area contributed by atoms with Crippen LogP contribution in [0.15, 0.2) is 65.1 Å². The van der Waals surface area contributed by atoms with Crippen LogP contribution in [0.4, 0.5) is 4.39 Å². The second kappa shape index (κ2) is 8.37. The van der Waals surface area contributed by atoms with Gasteiger partial charge in [-0.25, -0.2) is 9.37 Å². The molecule has 5 rings (SSSR count). The van der Waals surface area contributed by atoms with E-state index in [0.29, 0.717) is 43.0 Å². The van der Waals surface area contributed by atoms with Crippen molar-refractivity contribution >= 4 is 28.5 Å². The quantitative estimate of drug-likeness (QED) is 0.399. The van der Waals surface area contributed by atoms with Crippen LogP contribution in [-0.4, -0.2) is 34.0 Å². The minimum absolute atomic E-state index is 0.252. The van der Waals surface area contributed by atoms with Gasteiger partial charge in [0.05, 0.1) is 11.5 Å². The number of hydrogen-bond donors (Lipinski definition) is 1. The number of pyridine rings is 1. The maximum atomic E-state index is 14.9. The number of halogens is 2. The number of nitrogens with zero attached hydrogens (tertiary/aromatic N) is 2. The monoisotopic (exact) mass is 450 g/mol. The fourth-order valence-corrected chi connectivity index (χ4v) is 4.32. The van der Waals surface area contributed by atoms with E-state index in [1.165, 1.54) is 6.07 Å². The number of aromatic nitrogens is 1. The minimum Gasteiger partial charge on any atom is -0.481 e. The van der Waals surface area contributed by atoms with Gasteiger partial charge in [-0.05, 0) is 35.4 Å². The Morgan fingerprint density at radius 3 is 2.62 bits per heavy atom. The largest absolute Gasteiger partial charge is 0.481 e. The van der Waals surface area contributed by atoms with Crippen molar-refractivity contribution in [3.63, 3.8) is 0 Å². The number of carboxylic acid groups (broad SMARTS) is 1. The Kier molecular flexibility index (Phi) is 5.41. The molecule has 1 N–H and O–H groups in total. The molecule has 1 aliphatic rings. The third-order valence-corrected chi connectivity index (χ3v) is 6.01. The van der Waals surface area contributed by atoms with Crippen LogP contribution in [-0.2, 0) is 17.8 Å². The summed E-state index contributed by atoms with van der Waals surface area (Å²) in [6.45, 7) is 1.48. The van der Waals surface area contributed by atoms with Crippen molar-refractivity contribution in [1.29, 1.82) is 0 Å². The first-order valence-corrected chi connectivity index (χ1v) is 10.7. The highest BCUT2D eigenvalue weighted by molar-refractivity contribution is 6.33. The number of likely N-dealkylation sites (tertiary alicyclic amines) is 1. The lowest BCUT2D eigenvalue weighted by atomic mass is 9.99. The van der Waals surface area contributed by atoms with Gasteiger partial charge in [-0.15, -0.1) is 0 Å². The fourth-order valence-electron chi connectivity index (χ4n) is 4.06. The lowest BCUT2D eigenvalue weighted by Gasteiger charge is -2.36. The summed E-state index contributed by atoms with van der Waals surface area (Å²) in [4.78, 5) is 17.4. The first kappa shape index (κ1) is 20.7. The van der Waals surface area contributed by atoms with Crippen LogP contribution in [0.3, 0.4) is 0 Å². The van der Waals surface area contributed by atoms with Gasteiger partial charge in [-0.1, -0.05) is 48.0 Å². The summed E-state index contributed by atoms with van der Waals surface area (Å²) >= 11 is 6.36. The van der Waals surface area contributed by atoms with Crippen molar-refractivity contribution in [2.45, 2.75) is 13.0 Å². The molecule has 0 unspecified atom stereocenters. The highest BCUT2D eigenvalue weighted by Gasteiger charge is 2.32. The van der Waals surface area contributed by atoms with Crippen LogP contribution in [0.5, 0.6) is 0 Å². The zero-order valence-electron chi connectivity index (χ0n) is 17.1. The van der Waals surface area contributed by atoms with Crippen molar-refractivity contribution in [3.8, 4) is 11.3 Å². The van der Waals surface area contributed by atoms with Crippen LogP contribution in [0.25, 0.3) is 22.3 Å². The lowest BCUT2D eigenvalue weighted by molar-refractivity contribution is -0.147. The van der Waals surface area contributed by atoms with Crippen molar-refractivity contribution < 1.29 is 18.7 Å². The summed E-state index contributed by atoms with van der Waals surface area (Å²) < 4.78 is 20.7. The van der Waals surface area contributed by atoms with Crippen LogP contribution in [0.1, 0.15) is 16.8 Å². The summed E-state index contributed by atoms with van der Waals surface area (Å²) in [5, 5.41) is 10.0. The Morgan fingerprint density at radius 2 is 1.91 bits per heavy atom. The molecule has 162 valence electrons. The molecule has 3 heterocycles. The fraction of sp³-hybridized carbons (Fsp3) is 0.200. The lowest BCUT2D eigenvalue weighted by Crippen LogP contribution is -2.49. The molecule has 0 saturated carbocycles. The molecule has 7 heteroatoms. The predicted octanol–water partition coefficient (Wildman–Crippen LogP) is 5.39. The molecule has 1 saturated heterocycles. The molecule has 1 aliphatic heterocycles. The van der Waals surface area contributed by atoms with Gasteiger partial charge in [0.15, 0.2) is 10.7 Å². The SMILES string of the molecule is O=C(O)C1CN(Cc2ccc(-c3cc4cc(Cc5ccccc5)nc(Cl)c4o3)c(F)c2)C1. The molecule has 0 atom stereocenters. The van der Waals surface area contributed by atoms with Crippen LogP contribution in [0.2, 0.25) is 5.15 Å². The van der Waals surface area contributed by atoms with Gasteiger partial charge in [0.1, 0.15) is 11.6 Å². The van der Waals surface area contributed by atoms with E-state index in [-0.39, 0.29) is 11.1 Å². The second-order valence-corrected chi connectivity index (χ2v) is 8.50. The molecule has 32 heavy (non-hydrogen) atoms. The van der Waals surface area contributed by atoms with E-state index < -0.39 is 11.8 Å². The smallest absolute Gasteiger partial charge is 0.309 e. The molecular formula is C25H20ClFN2O3. The van der Waals surface area contributed by atoms with Crippen LogP contribution < -0.4 is 0 Å². The van der Waals surface area contributed by atoms with E-state index in [4.69, 9.17) is 21.1 Å². The molecule has 1 fully saturated rings. The molecule has 0 aliphatic carbocycles. The molecule has 0 spiro atoms. The summed E-state index contributed by atoms with van der Waals surface area (Å²) in [6, 6.07) is 18.7. The van der Waals surface area contributed by atoms with Gasteiger partial charge < -0.3 is 9.52 Å². The highest BCUT2D eigenvalue weighted by atomic mass is 35.5. The average molecular weight is 451 g/mol. The molecule has 0 radical (unpaired) electrons. The van der Waals surface area contributed by atoms with Gasteiger partial charge >= 0.3 is 5.97 Å². The van der Waals surface area contributed by atoms with E-state index in [0.717, 1.165) is 22.2 Å². The Bertz CT molecular complexity index is 1300. The maximum absolute atomic E-state index is 14.9. The number of aliphatic carboxylic acids is 1. The van der Waals surface area contributed by atoms with Gasteiger partial charge in [-0.3, -0.25) is 9.69 Å². The van der Waals surface area contributed by atoms with E-state index >= 15 is 0 Å². The number of fused-ring (bicyclic) bond motifs is 1. The number of carbonyl (C=O) groups is 1. The third kappa shape index (κ3) is 4.11. The summed E-state index contributed by atoms with van der Waals surface area (Å²) in [7, 11) is 0. The van der Waals surface area contributed by atoms with Crippen molar-refractivity contribution in [2.24, 2.45) is 5.92 Å². The zero-order valence-corrected chi connectivity index (χ0v) is 17.8. The van der Waals surface area contributed by atoms with Crippen molar-refractivity contribution in [3.05, 3.63) is 88.5 Å². The number of furan rings is 1. The zero-order chi connectivity index (χ0) is 22.2. The van der Waals surface area contributed by atoms with E-state index in [1.54, 1.807) is 12.1 Å². The van der Waals surface area contributed by atoms with E-state index in [1.807, 2.05) is 47.4 Å². The Balaban J connectivity index is 1.37. The Morgan fingerprint density at radius 1 is 1.12 bits per heavy atom. The Hall–Kier alpha value is -3.22. The molecular weight excluding hydrogens is 431 g/mol.